The number of rotatable bonds is 4. The largest absolute Gasteiger partial charge is 0.464 e. The van der Waals surface area contributed by atoms with E-state index in [1.165, 1.54) is 6.07 Å². The number of guanidine groups is 1. The van der Waals surface area contributed by atoms with Crippen LogP contribution in [-0.4, -0.2) is 19.0 Å². The zero-order valence-electron chi connectivity index (χ0n) is 14.3. The molecule has 0 radical (unpaired) electrons. The molecule has 1 heterocycles. The van der Waals surface area contributed by atoms with Crippen LogP contribution >= 0.6 is 35.6 Å². The Labute approximate surface area is 169 Å². The highest BCUT2D eigenvalue weighted by Gasteiger charge is 2.42. The molecule has 1 aliphatic carbocycles. The summed E-state index contributed by atoms with van der Waals surface area (Å²) in [6.45, 7) is 3.92. The van der Waals surface area contributed by atoms with Crippen molar-refractivity contribution in [2.24, 2.45) is 4.99 Å². The summed E-state index contributed by atoms with van der Waals surface area (Å²) in [5.41, 5.74) is 0.585. The van der Waals surface area contributed by atoms with E-state index in [-0.39, 0.29) is 47.8 Å². The van der Waals surface area contributed by atoms with Crippen molar-refractivity contribution in [2.75, 3.05) is 7.05 Å². The predicted molar refractivity (Wildman–Crippen MR) is 109 cm³/mol. The number of aryl methyl sites for hydroxylation is 1. The summed E-state index contributed by atoms with van der Waals surface area (Å²) in [6.07, 6.45) is 0.829. The highest BCUT2D eigenvalue weighted by molar-refractivity contribution is 14.0. The zero-order chi connectivity index (χ0) is 17.3. The lowest BCUT2D eigenvalue weighted by molar-refractivity contribution is 0.441. The van der Waals surface area contributed by atoms with E-state index in [1.807, 2.05) is 26.0 Å². The number of nitrogens with one attached hydrogen (secondary N) is 2. The van der Waals surface area contributed by atoms with E-state index in [4.69, 9.17) is 16.0 Å². The van der Waals surface area contributed by atoms with Gasteiger partial charge in [0.15, 0.2) is 5.96 Å². The summed E-state index contributed by atoms with van der Waals surface area (Å²) in [4.78, 5) is 4.24. The lowest BCUT2D eigenvalue weighted by Gasteiger charge is -2.16. The van der Waals surface area contributed by atoms with Crippen LogP contribution in [0.2, 0.25) is 5.02 Å². The second-order valence-corrected chi connectivity index (χ2v) is 6.52. The van der Waals surface area contributed by atoms with Crippen molar-refractivity contribution in [1.82, 2.24) is 10.6 Å². The Balaban J connectivity index is 0.00000225. The average molecular weight is 478 g/mol. The number of benzene rings is 1. The first-order valence-corrected chi connectivity index (χ1v) is 8.37. The van der Waals surface area contributed by atoms with E-state index in [0.717, 1.165) is 17.9 Å². The molecule has 0 spiro atoms. The molecule has 1 aromatic heterocycles. The van der Waals surface area contributed by atoms with Crippen molar-refractivity contribution in [3.05, 3.63) is 58.3 Å². The van der Waals surface area contributed by atoms with Crippen molar-refractivity contribution >= 4 is 41.5 Å². The molecule has 25 heavy (non-hydrogen) atoms. The minimum atomic E-state index is -0.251. The highest BCUT2D eigenvalue weighted by Crippen LogP contribution is 2.44. The number of nitrogens with zero attached hydrogens (tertiary/aromatic N) is 1. The van der Waals surface area contributed by atoms with Gasteiger partial charge in [0.2, 0.25) is 0 Å². The van der Waals surface area contributed by atoms with Gasteiger partial charge in [-0.25, -0.2) is 4.39 Å². The molecule has 1 aliphatic rings. The summed E-state index contributed by atoms with van der Waals surface area (Å²) in [6, 6.07) is 8.78. The molecule has 0 aliphatic heterocycles. The van der Waals surface area contributed by atoms with Gasteiger partial charge in [0.25, 0.3) is 0 Å². The van der Waals surface area contributed by atoms with Gasteiger partial charge >= 0.3 is 0 Å². The van der Waals surface area contributed by atoms with Crippen LogP contribution in [0.5, 0.6) is 0 Å². The minimum Gasteiger partial charge on any atom is -0.464 e. The number of halogens is 3. The number of aliphatic imine (C=N–C) groups is 1. The van der Waals surface area contributed by atoms with Crippen LogP contribution in [-0.2, 0) is 0 Å². The lowest BCUT2D eigenvalue weighted by Crippen LogP contribution is -2.40. The Morgan fingerprint density at radius 2 is 2.12 bits per heavy atom. The monoisotopic (exact) mass is 477 g/mol. The fraction of sp³-hybridized carbons (Fsp3) is 0.389. The Morgan fingerprint density at radius 1 is 1.36 bits per heavy atom. The first-order valence-electron chi connectivity index (χ1n) is 7.99. The molecule has 7 heteroatoms. The Hall–Kier alpha value is -1.28. The van der Waals surface area contributed by atoms with Gasteiger partial charge in [-0.15, -0.1) is 24.0 Å². The summed E-state index contributed by atoms with van der Waals surface area (Å²) in [5.74, 6) is 2.20. The van der Waals surface area contributed by atoms with Crippen molar-refractivity contribution in [3.63, 3.8) is 0 Å². The van der Waals surface area contributed by atoms with Crippen molar-refractivity contribution in [1.29, 1.82) is 0 Å². The molecule has 3 rings (SSSR count). The van der Waals surface area contributed by atoms with E-state index in [1.54, 1.807) is 19.2 Å². The molecule has 1 fully saturated rings. The second-order valence-electron chi connectivity index (χ2n) is 6.12. The molecule has 0 saturated heterocycles. The van der Waals surface area contributed by atoms with E-state index < -0.39 is 0 Å². The zero-order valence-corrected chi connectivity index (χ0v) is 17.4. The van der Waals surface area contributed by atoms with Crippen LogP contribution < -0.4 is 10.6 Å². The van der Waals surface area contributed by atoms with Crippen LogP contribution in [0.1, 0.15) is 42.4 Å². The lowest BCUT2D eigenvalue weighted by atomic mass is 10.1. The third kappa shape index (κ3) is 4.67. The van der Waals surface area contributed by atoms with Gasteiger partial charge < -0.3 is 15.1 Å². The highest BCUT2D eigenvalue weighted by atomic mass is 127. The summed E-state index contributed by atoms with van der Waals surface area (Å²) in [7, 11) is 1.71. The molecule has 136 valence electrons. The second kappa shape index (κ2) is 8.40. The third-order valence-corrected chi connectivity index (χ3v) is 4.58. The SMILES string of the molecule is CN=C(NC(C)c1ccc(C)o1)NC1CC1c1c(F)cccc1Cl.I. The Kier molecular flexibility index (Phi) is 6.73. The fourth-order valence-corrected chi connectivity index (χ4v) is 3.15. The topological polar surface area (TPSA) is 49.6 Å². The van der Waals surface area contributed by atoms with Crippen molar-refractivity contribution < 1.29 is 8.81 Å². The van der Waals surface area contributed by atoms with E-state index in [9.17, 15) is 4.39 Å². The molecule has 4 nitrogen and oxygen atoms in total. The van der Waals surface area contributed by atoms with E-state index in [0.29, 0.717) is 16.5 Å². The maximum absolute atomic E-state index is 14.0. The third-order valence-electron chi connectivity index (χ3n) is 4.25. The minimum absolute atomic E-state index is 0. The Morgan fingerprint density at radius 3 is 2.72 bits per heavy atom. The predicted octanol–water partition coefficient (Wildman–Crippen LogP) is 4.78. The average Bonchev–Trinajstić information content (AvgIpc) is 3.14. The Bertz CT molecular complexity index is 744. The molecule has 2 N–H and O–H groups in total. The van der Waals surface area contributed by atoms with Gasteiger partial charge in [-0.3, -0.25) is 4.99 Å². The van der Waals surface area contributed by atoms with Gasteiger partial charge in [0.05, 0.1) is 6.04 Å². The quantitative estimate of drug-likeness (QED) is 0.378. The molecule has 3 atom stereocenters. The van der Waals surface area contributed by atoms with Crippen LogP contribution in [0.4, 0.5) is 4.39 Å². The smallest absolute Gasteiger partial charge is 0.191 e. The van der Waals surface area contributed by atoms with Gasteiger partial charge in [0, 0.05) is 29.6 Å². The normalized spacial score (nSPS) is 20.6. The van der Waals surface area contributed by atoms with Gasteiger partial charge in [-0.2, -0.15) is 0 Å². The van der Waals surface area contributed by atoms with Crippen LogP contribution in [0.25, 0.3) is 0 Å². The van der Waals surface area contributed by atoms with Crippen molar-refractivity contribution in [2.45, 2.75) is 38.3 Å². The molecule has 1 aromatic carbocycles. The molecular weight excluding hydrogens is 456 g/mol. The molecule has 2 aromatic rings. The number of hydrogen-bond donors (Lipinski definition) is 2. The van der Waals surface area contributed by atoms with Gasteiger partial charge in [0.1, 0.15) is 17.3 Å². The first kappa shape index (κ1) is 20.0. The van der Waals surface area contributed by atoms with Crippen LogP contribution in [0, 0.1) is 12.7 Å². The maximum Gasteiger partial charge on any atom is 0.191 e. The summed E-state index contributed by atoms with van der Waals surface area (Å²) >= 11 is 6.14. The van der Waals surface area contributed by atoms with Gasteiger partial charge in [-0.1, -0.05) is 17.7 Å². The van der Waals surface area contributed by atoms with Crippen molar-refractivity contribution in [3.8, 4) is 0 Å². The van der Waals surface area contributed by atoms with Crippen LogP contribution in [0.15, 0.2) is 39.7 Å². The van der Waals surface area contributed by atoms with E-state index in [2.05, 4.69) is 15.6 Å². The molecule has 0 amide bonds. The number of furan rings is 1. The maximum atomic E-state index is 14.0. The fourth-order valence-electron chi connectivity index (χ4n) is 2.85. The first-order chi connectivity index (χ1) is 11.5. The number of hydrogen-bond acceptors (Lipinski definition) is 2. The molecule has 3 unspecified atom stereocenters. The summed E-state index contributed by atoms with van der Waals surface area (Å²) in [5, 5.41) is 7.09. The molecular formula is C18H22ClFIN3O. The van der Waals surface area contributed by atoms with Gasteiger partial charge in [-0.05, 0) is 44.5 Å². The molecule has 0 bridgehead atoms. The molecule has 1 saturated carbocycles. The van der Waals surface area contributed by atoms with E-state index >= 15 is 0 Å². The van der Waals surface area contributed by atoms with Crippen LogP contribution in [0.3, 0.4) is 0 Å². The summed E-state index contributed by atoms with van der Waals surface area (Å²) < 4.78 is 19.6. The standard InChI is InChI=1S/C18H21ClFN3O.HI/c1-10-7-8-16(24-10)11(2)22-18(21-3)23-15-9-12(15)17-13(19)5-4-6-14(17)20;/h4-8,11-12,15H,9H2,1-3H3,(H2,21,22,23);1H.